The van der Waals surface area contributed by atoms with Gasteiger partial charge in [0.05, 0.1) is 44.2 Å². The number of carbonyl (C=O) groups is 4. The van der Waals surface area contributed by atoms with Crippen molar-refractivity contribution in [2.24, 2.45) is 0 Å². The second-order valence-corrected chi connectivity index (χ2v) is 16.4. The van der Waals surface area contributed by atoms with Gasteiger partial charge in [-0.1, -0.05) is 25.3 Å². The zero-order valence-electron chi connectivity index (χ0n) is 32.2. The Labute approximate surface area is 335 Å². The minimum absolute atomic E-state index is 0.0142. The van der Waals surface area contributed by atoms with Crippen molar-refractivity contribution >= 4 is 56.5 Å². The molecule has 2 unspecified atom stereocenters. The summed E-state index contributed by atoms with van der Waals surface area (Å²) < 4.78 is 48.9. The number of pyridine rings is 1. The van der Waals surface area contributed by atoms with Crippen molar-refractivity contribution in [3.05, 3.63) is 58.0 Å². The van der Waals surface area contributed by atoms with Crippen molar-refractivity contribution in [1.29, 1.82) is 0 Å². The van der Waals surface area contributed by atoms with Crippen LogP contribution in [0.25, 0.3) is 11.0 Å². The number of nitrogens with one attached hydrogen (secondary N) is 4. The lowest BCUT2D eigenvalue weighted by molar-refractivity contribution is -0.136. The van der Waals surface area contributed by atoms with Gasteiger partial charge in [-0.05, 0) is 50.3 Å². The van der Waals surface area contributed by atoms with Crippen LogP contribution in [-0.4, -0.2) is 127 Å². The van der Waals surface area contributed by atoms with Crippen LogP contribution in [0, 0.1) is 0 Å². The third-order valence-corrected chi connectivity index (χ3v) is 12.3. The van der Waals surface area contributed by atoms with Gasteiger partial charge in [0.2, 0.25) is 17.8 Å². The molecule has 58 heavy (non-hydrogen) atoms. The molecule has 7 rings (SSSR count). The molecule has 4 aliphatic rings. The Morgan fingerprint density at radius 1 is 0.862 bits per heavy atom. The molecule has 19 nitrogen and oxygen atoms in total. The van der Waals surface area contributed by atoms with Crippen LogP contribution in [0.4, 0.5) is 11.6 Å². The minimum atomic E-state index is -3.60. The van der Waals surface area contributed by atoms with E-state index in [-0.39, 0.29) is 87.6 Å². The molecule has 312 valence electrons. The summed E-state index contributed by atoms with van der Waals surface area (Å²) in [5, 5.41) is 9.22. The molecular formula is C38H49N9O10S. The maximum Gasteiger partial charge on any atom is 0.279 e. The van der Waals surface area contributed by atoms with Crippen LogP contribution in [-0.2, 0) is 34.0 Å². The molecule has 2 atom stereocenters. The zero-order valence-corrected chi connectivity index (χ0v) is 33.0. The van der Waals surface area contributed by atoms with Crippen LogP contribution in [0.15, 0.2) is 41.3 Å². The molecule has 20 heteroatoms. The number of ether oxygens (including phenoxy) is 3. The van der Waals surface area contributed by atoms with Crippen LogP contribution in [0.3, 0.4) is 0 Å². The van der Waals surface area contributed by atoms with Crippen LogP contribution >= 0.6 is 0 Å². The summed E-state index contributed by atoms with van der Waals surface area (Å²) in [5.41, 5.74) is 1.15. The summed E-state index contributed by atoms with van der Waals surface area (Å²) >= 11 is 0. The van der Waals surface area contributed by atoms with E-state index in [1.54, 1.807) is 29.0 Å². The fourth-order valence-electron chi connectivity index (χ4n) is 7.80. The number of aromatic nitrogens is 3. The van der Waals surface area contributed by atoms with E-state index in [1.807, 2.05) is 0 Å². The normalized spacial score (nSPS) is 19.8. The van der Waals surface area contributed by atoms with Gasteiger partial charge in [-0.3, -0.25) is 38.8 Å². The first kappa shape index (κ1) is 41.3. The topological polar surface area (TPSA) is 232 Å². The Kier molecular flexibility index (Phi) is 13.4. The minimum Gasteiger partial charge on any atom is -0.382 e. The van der Waals surface area contributed by atoms with Crippen molar-refractivity contribution < 1.29 is 41.8 Å². The second-order valence-electron chi connectivity index (χ2n) is 14.6. The molecule has 5 heterocycles. The van der Waals surface area contributed by atoms with Gasteiger partial charge >= 0.3 is 0 Å². The van der Waals surface area contributed by atoms with Crippen molar-refractivity contribution in [2.45, 2.75) is 76.1 Å². The molecule has 4 N–H and O–H groups in total. The second kappa shape index (κ2) is 18.8. The van der Waals surface area contributed by atoms with Crippen molar-refractivity contribution in [3.8, 4) is 0 Å². The summed E-state index contributed by atoms with van der Waals surface area (Å²) in [6.45, 7) is 1.94. The molecule has 0 radical (unpaired) electrons. The van der Waals surface area contributed by atoms with Crippen LogP contribution in [0.2, 0.25) is 0 Å². The Hall–Kier alpha value is -4.86. The molecule has 0 bridgehead atoms. The largest absolute Gasteiger partial charge is 0.382 e. The van der Waals surface area contributed by atoms with E-state index in [2.05, 4.69) is 25.7 Å². The highest BCUT2D eigenvalue weighted by Crippen LogP contribution is 2.33. The molecule has 0 spiro atoms. The first-order valence-electron chi connectivity index (χ1n) is 19.9. The summed E-state index contributed by atoms with van der Waals surface area (Å²) in [5.74, 6) is -2.08. The van der Waals surface area contributed by atoms with Gasteiger partial charge in [0.15, 0.2) is 6.23 Å². The fourth-order valence-corrected chi connectivity index (χ4v) is 9.06. The number of amides is 4. The number of nitrogens with zero attached hydrogens (tertiary/aromatic N) is 5. The van der Waals surface area contributed by atoms with Gasteiger partial charge < -0.3 is 24.8 Å². The number of anilines is 2. The number of hydrogen-bond donors (Lipinski definition) is 4. The number of fused-ring (bicyclic) bond motifs is 2. The zero-order chi connectivity index (χ0) is 40.6. The lowest BCUT2D eigenvalue weighted by Gasteiger charge is -2.27. The van der Waals surface area contributed by atoms with E-state index in [0.717, 1.165) is 55.2 Å². The molecule has 3 fully saturated rings. The summed E-state index contributed by atoms with van der Waals surface area (Å²) in [6, 6.07) is 7.08. The van der Waals surface area contributed by atoms with Gasteiger partial charge in [0, 0.05) is 62.0 Å². The summed E-state index contributed by atoms with van der Waals surface area (Å²) in [7, 11) is -3.60. The predicted octanol–water partition coefficient (Wildman–Crippen LogP) is 1.53. The molecule has 3 aliphatic heterocycles. The Morgan fingerprint density at radius 3 is 2.45 bits per heavy atom. The van der Waals surface area contributed by atoms with Gasteiger partial charge in [-0.25, -0.2) is 4.98 Å². The monoisotopic (exact) mass is 823 g/mol. The van der Waals surface area contributed by atoms with E-state index in [0.29, 0.717) is 24.4 Å². The third kappa shape index (κ3) is 9.53. The number of imide groups is 2. The third-order valence-electron chi connectivity index (χ3n) is 10.7. The van der Waals surface area contributed by atoms with Gasteiger partial charge in [0.1, 0.15) is 11.7 Å². The maximum absolute atomic E-state index is 13.4. The SMILES string of the molecule is O=C1CCC(N2C(=O)c3cccc(NCCOCCOC(COCCNS(=O)(=O)N4CCCCC4)Nc4ncc5ccc(=O)n(C6CCCC6)c5n4)c3C2=O)C(=O)N1. The van der Waals surface area contributed by atoms with Gasteiger partial charge in [-0.15, -0.1) is 0 Å². The van der Waals surface area contributed by atoms with Crippen LogP contribution in [0.1, 0.15) is 84.5 Å². The Morgan fingerprint density at radius 2 is 1.66 bits per heavy atom. The average Bonchev–Trinajstić information content (AvgIpc) is 3.84. The molecule has 1 saturated carbocycles. The highest BCUT2D eigenvalue weighted by atomic mass is 32.2. The highest BCUT2D eigenvalue weighted by molar-refractivity contribution is 7.87. The molecule has 3 aromatic rings. The van der Waals surface area contributed by atoms with E-state index < -0.39 is 46.1 Å². The first-order valence-corrected chi connectivity index (χ1v) is 21.3. The Balaban J connectivity index is 0.926. The molecular weight excluding hydrogens is 775 g/mol. The standard InChI is InChI=1S/C38H49N9O10S/c48-30-13-12-29(35(50)42-30)47-36(51)27-9-6-10-28(33(27)37(47)52)39-15-19-55-21-22-57-31(24-56-20-16-41-58(53,54)45-17-4-1-5-18-45)43-38-40-23-25-11-14-32(49)46(34(25)44-38)26-7-2-3-8-26/h6,9-11,14,23,26,29,31,39,41H,1-5,7-8,12-13,15-22,24H2,(H,40,43,44)(H,42,48,50). The smallest absolute Gasteiger partial charge is 0.279 e. The van der Waals surface area contributed by atoms with E-state index >= 15 is 0 Å². The first-order chi connectivity index (χ1) is 28.1. The van der Waals surface area contributed by atoms with Gasteiger partial charge in [0.25, 0.3) is 27.6 Å². The quantitative estimate of drug-likeness (QED) is 0.0764. The van der Waals surface area contributed by atoms with Crippen LogP contribution < -0.4 is 26.2 Å². The maximum atomic E-state index is 13.4. The number of hydrogen-bond acceptors (Lipinski definition) is 14. The van der Waals surface area contributed by atoms with Crippen molar-refractivity contribution in [1.82, 2.24) is 33.8 Å². The fraction of sp³-hybridized carbons (Fsp3) is 0.553. The number of piperidine rings is 2. The van der Waals surface area contributed by atoms with E-state index in [1.165, 1.54) is 16.4 Å². The number of carbonyl (C=O) groups excluding carboxylic acids is 4. The van der Waals surface area contributed by atoms with Crippen LogP contribution in [0.5, 0.6) is 0 Å². The molecule has 1 aliphatic carbocycles. The molecule has 4 amide bonds. The molecule has 2 saturated heterocycles. The molecule has 2 aromatic heterocycles. The van der Waals surface area contributed by atoms with E-state index in [9.17, 15) is 32.4 Å². The Bertz CT molecular complexity index is 2170. The number of benzene rings is 1. The summed E-state index contributed by atoms with van der Waals surface area (Å²) in [4.78, 5) is 73.6. The number of rotatable bonds is 19. The van der Waals surface area contributed by atoms with Crippen molar-refractivity contribution in [2.75, 3.05) is 69.8 Å². The van der Waals surface area contributed by atoms with E-state index in [4.69, 9.17) is 19.2 Å². The van der Waals surface area contributed by atoms with Crippen molar-refractivity contribution in [3.63, 3.8) is 0 Å². The van der Waals surface area contributed by atoms with Gasteiger partial charge in [-0.2, -0.15) is 22.4 Å². The predicted molar refractivity (Wildman–Crippen MR) is 210 cm³/mol. The average molecular weight is 824 g/mol. The summed E-state index contributed by atoms with van der Waals surface area (Å²) in [6.07, 6.45) is 7.55. The highest BCUT2D eigenvalue weighted by Gasteiger charge is 2.45. The lowest BCUT2D eigenvalue weighted by atomic mass is 10.0. The lowest BCUT2D eigenvalue weighted by Crippen LogP contribution is -2.54. The molecule has 1 aromatic carbocycles.